The maximum absolute atomic E-state index is 12.6. The van der Waals surface area contributed by atoms with Crippen LogP contribution in [-0.4, -0.2) is 41.0 Å². The number of carbonyl (C=O) groups excluding carboxylic acids is 1. The average molecular weight is 378 g/mol. The molecular weight excluding hydrogens is 358 g/mol. The second-order valence-electron chi connectivity index (χ2n) is 6.66. The molecule has 4 heterocycles. The molecular formula is C18H20ClN3O2S. The molecule has 7 heteroatoms. The van der Waals surface area contributed by atoms with Crippen molar-refractivity contribution >= 4 is 28.8 Å². The van der Waals surface area contributed by atoms with Crippen LogP contribution in [0.2, 0.25) is 5.02 Å². The first-order chi connectivity index (χ1) is 12.1. The Morgan fingerprint density at radius 1 is 1.32 bits per heavy atom. The van der Waals surface area contributed by atoms with E-state index in [1.54, 1.807) is 30.5 Å². The van der Waals surface area contributed by atoms with E-state index in [0.29, 0.717) is 32.8 Å². The number of hydrogen-bond acceptors (Lipinski definition) is 5. The van der Waals surface area contributed by atoms with E-state index in [1.807, 2.05) is 0 Å². The van der Waals surface area contributed by atoms with Gasteiger partial charge in [0.1, 0.15) is 10.6 Å². The summed E-state index contributed by atoms with van der Waals surface area (Å²) in [5, 5.41) is 4.32. The van der Waals surface area contributed by atoms with Gasteiger partial charge in [-0.25, -0.2) is 4.98 Å². The Balaban J connectivity index is 1.41. The summed E-state index contributed by atoms with van der Waals surface area (Å²) in [4.78, 5) is 19.9. The summed E-state index contributed by atoms with van der Waals surface area (Å²) in [6.07, 6.45) is 3.92. The van der Waals surface area contributed by atoms with Crippen molar-refractivity contribution in [1.29, 1.82) is 0 Å². The van der Waals surface area contributed by atoms with Gasteiger partial charge < -0.3 is 10.1 Å². The fourth-order valence-electron chi connectivity index (χ4n) is 3.78. The van der Waals surface area contributed by atoms with Crippen LogP contribution < -0.4 is 10.1 Å². The van der Waals surface area contributed by atoms with E-state index in [1.165, 1.54) is 24.2 Å². The molecule has 0 aliphatic carbocycles. The number of ether oxygens (including phenoxy) is 1. The molecule has 25 heavy (non-hydrogen) atoms. The molecule has 1 aromatic carbocycles. The van der Waals surface area contributed by atoms with Crippen LogP contribution in [0, 0.1) is 5.92 Å². The number of aromatic nitrogens is 1. The lowest BCUT2D eigenvalue weighted by Gasteiger charge is -2.49. The fraction of sp³-hybridized carbons (Fsp3) is 0.444. The van der Waals surface area contributed by atoms with E-state index in [0.717, 1.165) is 13.1 Å². The maximum Gasteiger partial charge on any atom is 0.279 e. The molecule has 3 aliphatic rings. The first-order valence-electron chi connectivity index (χ1n) is 8.54. The zero-order chi connectivity index (χ0) is 17.4. The monoisotopic (exact) mass is 377 g/mol. The van der Waals surface area contributed by atoms with Gasteiger partial charge >= 0.3 is 0 Å². The van der Waals surface area contributed by atoms with Gasteiger partial charge in [-0.2, -0.15) is 0 Å². The smallest absolute Gasteiger partial charge is 0.279 e. The van der Waals surface area contributed by atoms with E-state index in [-0.39, 0.29) is 11.9 Å². The molecule has 1 amide bonds. The number of nitrogens with one attached hydrogen (secondary N) is 1. The number of benzene rings is 1. The summed E-state index contributed by atoms with van der Waals surface area (Å²) < 4.78 is 5.69. The third kappa shape index (κ3) is 3.52. The zero-order valence-electron chi connectivity index (χ0n) is 13.9. The topological polar surface area (TPSA) is 54.5 Å². The summed E-state index contributed by atoms with van der Waals surface area (Å²) in [7, 11) is 0. The van der Waals surface area contributed by atoms with E-state index < -0.39 is 0 Å². The molecule has 1 N–H and O–H groups in total. The van der Waals surface area contributed by atoms with Crippen LogP contribution >= 0.6 is 22.9 Å². The number of rotatable bonds is 4. The number of halogens is 1. The van der Waals surface area contributed by atoms with Crippen LogP contribution in [0.25, 0.3) is 0 Å². The third-order valence-corrected chi connectivity index (χ3v) is 6.33. The number of amides is 1. The molecule has 2 atom stereocenters. The lowest BCUT2D eigenvalue weighted by atomic mass is 9.79. The van der Waals surface area contributed by atoms with Gasteiger partial charge in [0.2, 0.25) is 0 Å². The highest BCUT2D eigenvalue weighted by Crippen LogP contribution is 2.33. The summed E-state index contributed by atoms with van der Waals surface area (Å²) in [5.41, 5.74) is 0. The Labute approximate surface area is 156 Å². The third-order valence-electron chi connectivity index (χ3n) is 5.20. The van der Waals surface area contributed by atoms with Crippen molar-refractivity contribution in [1.82, 2.24) is 15.2 Å². The molecule has 0 saturated carbocycles. The second kappa shape index (κ2) is 6.94. The lowest BCUT2D eigenvalue weighted by Crippen LogP contribution is -2.62. The van der Waals surface area contributed by atoms with Crippen LogP contribution in [0.1, 0.15) is 29.4 Å². The van der Waals surface area contributed by atoms with Gasteiger partial charge in [0, 0.05) is 17.1 Å². The normalized spacial score (nSPS) is 27.9. The molecule has 5 nitrogen and oxygen atoms in total. The largest absolute Gasteiger partial charge is 0.431 e. The molecule has 0 spiro atoms. The van der Waals surface area contributed by atoms with E-state index in [2.05, 4.69) is 22.1 Å². The number of fused-ring (bicyclic) bond motifs is 3. The van der Waals surface area contributed by atoms with Crippen molar-refractivity contribution in [3.63, 3.8) is 0 Å². The highest BCUT2D eigenvalue weighted by atomic mass is 35.5. The first-order valence-corrected chi connectivity index (χ1v) is 9.74. The average Bonchev–Trinajstić information content (AvgIpc) is 3.09. The van der Waals surface area contributed by atoms with Crippen molar-refractivity contribution in [3.05, 3.63) is 40.4 Å². The van der Waals surface area contributed by atoms with E-state index in [4.69, 9.17) is 16.3 Å². The minimum Gasteiger partial charge on any atom is -0.431 e. The van der Waals surface area contributed by atoms with Gasteiger partial charge in [0.15, 0.2) is 0 Å². The van der Waals surface area contributed by atoms with Crippen molar-refractivity contribution in [2.75, 3.05) is 13.1 Å². The van der Waals surface area contributed by atoms with Crippen LogP contribution in [0.4, 0.5) is 0 Å². The molecule has 2 aromatic rings. The molecule has 0 unspecified atom stereocenters. The molecule has 3 aliphatic heterocycles. The fourth-order valence-corrected chi connectivity index (χ4v) is 4.60. The van der Waals surface area contributed by atoms with Crippen LogP contribution in [0.5, 0.6) is 10.9 Å². The first kappa shape index (κ1) is 16.8. The minimum atomic E-state index is -0.0611. The Morgan fingerprint density at radius 2 is 2.04 bits per heavy atom. The summed E-state index contributed by atoms with van der Waals surface area (Å²) >= 11 is 7.12. The van der Waals surface area contributed by atoms with E-state index >= 15 is 0 Å². The van der Waals surface area contributed by atoms with Crippen LogP contribution in [0.3, 0.4) is 0 Å². The van der Waals surface area contributed by atoms with Crippen molar-refractivity contribution in [3.8, 4) is 10.9 Å². The van der Waals surface area contributed by atoms with Gasteiger partial charge in [-0.1, -0.05) is 22.9 Å². The number of piperidine rings is 3. The number of hydrogen-bond donors (Lipinski definition) is 1. The quantitative estimate of drug-likeness (QED) is 0.880. The van der Waals surface area contributed by atoms with Crippen LogP contribution in [0.15, 0.2) is 30.5 Å². The molecule has 3 saturated heterocycles. The van der Waals surface area contributed by atoms with Gasteiger partial charge in [-0.15, -0.1) is 0 Å². The van der Waals surface area contributed by atoms with Gasteiger partial charge in [0.05, 0.1) is 6.20 Å². The number of thiazole rings is 1. The van der Waals surface area contributed by atoms with Crippen molar-refractivity contribution < 1.29 is 9.53 Å². The van der Waals surface area contributed by atoms with Gasteiger partial charge in [-0.3, -0.25) is 9.69 Å². The van der Waals surface area contributed by atoms with Crippen molar-refractivity contribution in [2.24, 2.45) is 5.92 Å². The minimum absolute atomic E-state index is 0.0611. The molecule has 2 bridgehead atoms. The van der Waals surface area contributed by atoms with Gasteiger partial charge in [-0.05, 0) is 63.0 Å². The lowest BCUT2D eigenvalue weighted by molar-refractivity contribution is 0.0218. The summed E-state index contributed by atoms with van der Waals surface area (Å²) in [5.74, 6) is 1.17. The Hall–Kier alpha value is -1.63. The Morgan fingerprint density at radius 3 is 2.72 bits per heavy atom. The zero-order valence-corrected chi connectivity index (χ0v) is 15.5. The van der Waals surface area contributed by atoms with E-state index in [9.17, 15) is 4.79 Å². The number of carbonyl (C=O) groups is 1. The molecule has 1 aromatic heterocycles. The SMILES string of the molecule is C[C@H]1[C@H](NC(=O)c2cnc(Oc3ccc(Cl)cc3)s2)C2CCN1CC2. The predicted octanol–water partition coefficient (Wildman–Crippen LogP) is 3.80. The Bertz CT molecular complexity index is 754. The number of nitrogens with zero attached hydrogens (tertiary/aromatic N) is 2. The Kier molecular flexibility index (Phi) is 4.67. The predicted molar refractivity (Wildman–Crippen MR) is 98.7 cm³/mol. The maximum atomic E-state index is 12.6. The van der Waals surface area contributed by atoms with Crippen molar-refractivity contribution in [2.45, 2.75) is 31.8 Å². The molecule has 132 valence electrons. The highest BCUT2D eigenvalue weighted by Gasteiger charge is 2.40. The molecule has 0 radical (unpaired) electrons. The molecule has 5 rings (SSSR count). The molecule has 3 fully saturated rings. The van der Waals surface area contributed by atoms with Crippen LogP contribution in [-0.2, 0) is 0 Å². The second-order valence-corrected chi connectivity index (χ2v) is 8.09. The highest BCUT2D eigenvalue weighted by molar-refractivity contribution is 7.15. The van der Waals surface area contributed by atoms with Gasteiger partial charge in [0.25, 0.3) is 11.1 Å². The summed E-state index contributed by atoms with van der Waals surface area (Å²) in [6, 6.07) is 7.68. The summed E-state index contributed by atoms with van der Waals surface area (Å²) in [6.45, 7) is 4.51. The standard InChI is InChI=1S/C18H20ClN3O2S/c1-11-16(12-6-8-22(11)9-7-12)21-17(23)15-10-20-18(25-15)24-14-4-2-13(19)3-5-14/h2-5,10-12,16H,6-9H2,1H3,(H,21,23)/t11-,16-/m0/s1.